The first-order chi connectivity index (χ1) is 9.20. The molecule has 2 rings (SSSR count). The summed E-state index contributed by atoms with van der Waals surface area (Å²) in [4.78, 5) is 4.26. The Morgan fingerprint density at radius 3 is 2.79 bits per heavy atom. The first-order valence-corrected chi connectivity index (χ1v) is 6.35. The monoisotopic (exact) mass is 265 g/mol. The molecule has 102 valence electrons. The molecule has 0 amide bonds. The van der Waals surface area contributed by atoms with Gasteiger partial charge in [0, 0.05) is 25.5 Å². The van der Waals surface area contributed by atoms with E-state index >= 15 is 0 Å². The molecule has 0 aliphatic heterocycles. The summed E-state index contributed by atoms with van der Waals surface area (Å²) in [5.41, 5.74) is 0.715. The first-order valence-electron chi connectivity index (χ1n) is 6.35. The van der Waals surface area contributed by atoms with Crippen LogP contribution in [0.15, 0.2) is 30.6 Å². The van der Waals surface area contributed by atoms with Crippen molar-refractivity contribution in [2.45, 2.75) is 33.0 Å². The van der Waals surface area contributed by atoms with Gasteiger partial charge in [-0.25, -0.2) is 13.8 Å². The highest BCUT2D eigenvalue weighted by molar-refractivity contribution is 5.17. The fourth-order valence-electron chi connectivity index (χ4n) is 1.92. The molecule has 0 unspecified atom stereocenters. The van der Waals surface area contributed by atoms with Crippen LogP contribution < -0.4 is 5.32 Å². The zero-order valence-electron chi connectivity index (χ0n) is 10.9. The van der Waals surface area contributed by atoms with Crippen LogP contribution in [-0.2, 0) is 19.6 Å². The second kappa shape index (κ2) is 6.43. The van der Waals surface area contributed by atoms with E-state index in [4.69, 9.17) is 0 Å². The lowest BCUT2D eigenvalue weighted by Crippen LogP contribution is -2.16. The minimum absolute atomic E-state index is 0.482. The van der Waals surface area contributed by atoms with Gasteiger partial charge in [-0.3, -0.25) is 0 Å². The standard InChI is InChI=1S/C14H17F2N3/c1-2-6-19-7-5-18-14(19)10-17-9-11-3-4-12(15)13(16)8-11/h3-5,7-8,17H,2,6,9-10H2,1H3. The first kappa shape index (κ1) is 13.7. The molecule has 1 aromatic carbocycles. The average molecular weight is 265 g/mol. The normalized spacial score (nSPS) is 10.9. The second-order valence-corrected chi connectivity index (χ2v) is 4.39. The number of aromatic nitrogens is 2. The van der Waals surface area contributed by atoms with E-state index in [9.17, 15) is 8.78 Å². The Bertz CT molecular complexity index is 537. The number of nitrogens with one attached hydrogen (secondary N) is 1. The highest BCUT2D eigenvalue weighted by Crippen LogP contribution is 2.08. The maximum Gasteiger partial charge on any atom is 0.159 e. The van der Waals surface area contributed by atoms with E-state index in [-0.39, 0.29) is 0 Å². The van der Waals surface area contributed by atoms with Crippen molar-refractivity contribution in [3.05, 3.63) is 53.6 Å². The molecule has 1 heterocycles. The summed E-state index contributed by atoms with van der Waals surface area (Å²) >= 11 is 0. The molecule has 1 N–H and O–H groups in total. The predicted octanol–water partition coefficient (Wildman–Crippen LogP) is 2.86. The molecule has 1 aromatic heterocycles. The molecule has 3 nitrogen and oxygen atoms in total. The molecular weight excluding hydrogens is 248 g/mol. The summed E-state index contributed by atoms with van der Waals surface area (Å²) in [5.74, 6) is -0.682. The van der Waals surface area contributed by atoms with E-state index in [2.05, 4.69) is 21.8 Å². The van der Waals surface area contributed by atoms with Gasteiger partial charge in [0.25, 0.3) is 0 Å². The lowest BCUT2D eigenvalue weighted by Gasteiger charge is -2.08. The van der Waals surface area contributed by atoms with Crippen LogP contribution in [0.2, 0.25) is 0 Å². The number of imidazole rings is 1. The minimum atomic E-state index is -0.817. The topological polar surface area (TPSA) is 29.9 Å². The molecule has 0 radical (unpaired) electrons. The van der Waals surface area contributed by atoms with Crippen molar-refractivity contribution in [2.75, 3.05) is 0 Å². The molecule has 19 heavy (non-hydrogen) atoms. The summed E-state index contributed by atoms with van der Waals surface area (Å²) in [7, 11) is 0. The zero-order chi connectivity index (χ0) is 13.7. The van der Waals surface area contributed by atoms with Crippen LogP contribution in [0.5, 0.6) is 0 Å². The average Bonchev–Trinajstić information content (AvgIpc) is 2.82. The van der Waals surface area contributed by atoms with Crippen molar-refractivity contribution >= 4 is 0 Å². The lowest BCUT2D eigenvalue weighted by molar-refractivity contribution is 0.505. The van der Waals surface area contributed by atoms with Gasteiger partial charge in [0.15, 0.2) is 11.6 Å². The Labute approximate surface area is 111 Å². The summed E-state index contributed by atoms with van der Waals surface area (Å²) in [6, 6.07) is 3.93. The molecule has 0 fully saturated rings. The smallest absolute Gasteiger partial charge is 0.159 e. The van der Waals surface area contributed by atoms with Gasteiger partial charge in [0.05, 0.1) is 6.54 Å². The van der Waals surface area contributed by atoms with Gasteiger partial charge < -0.3 is 9.88 Å². The van der Waals surface area contributed by atoms with Crippen molar-refractivity contribution in [3.8, 4) is 0 Å². The van der Waals surface area contributed by atoms with Crippen LogP contribution in [0.25, 0.3) is 0 Å². The molecule has 0 saturated carbocycles. The van der Waals surface area contributed by atoms with Crippen LogP contribution in [0.3, 0.4) is 0 Å². The van der Waals surface area contributed by atoms with E-state index < -0.39 is 11.6 Å². The number of halogens is 2. The zero-order valence-corrected chi connectivity index (χ0v) is 10.9. The van der Waals surface area contributed by atoms with Crippen molar-refractivity contribution in [3.63, 3.8) is 0 Å². The number of benzene rings is 1. The Balaban J connectivity index is 1.89. The number of aryl methyl sites for hydroxylation is 1. The largest absolute Gasteiger partial charge is 0.334 e. The number of hydrogen-bond acceptors (Lipinski definition) is 2. The van der Waals surface area contributed by atoms with Gasteiger partial charge in [0.2, 0.25) is 0 Å². The molecule has 0 saturated heterocycles. The quantitative estimate of drug-likeness (QED) is 0.870. The third-order valence-electron chi connectivity index (χ3n) is 2.86. The molecule has 5 heteroatoms. The van der Waals surface area contributed by atoms with E-state index in [0.717, 1.165) is 24.9 Å². The van der Waals surface area contributed by atoms with Gasteiger partial charge >= 0.3 is 0 Å². The van der Waals surface area contributed by atoms with Crippen LogP contribution in [0.4, 0.5) is 8.78 Å². The Morgan fingerprint density at radius 2 is 2.05 bits per heavy atom. The lowest BCUT2D eigenvalue weighted by atomic mass is 10.2. The third kappa shape index (κ3) is 3.61. The van der Waals surface area contributed by atoms with E-state index in [1.807, 2.05) is 6.20 Å². The SMILES string of the molecule is CCCn1ccnc1CNCc1ccc(F)c(F)c1. The Kier molecular flexibility index (Phi) is 4.63. The van der Waals surface area contributed by atoms with Crippen LogP contribution >= 0.6 is 0 Å². The van der Waals surface area contributed by atoms with Crippen LogP contribution in [0, 0.1) is 11.6 Å². The predicted molar refractivity (Wildman–Crippen MR) is 69.4 cm³/mol. The molecular formula is C14H17F2N3. The maximum atomic E-state index is 13.0. The highest BCUT2D eigenvalue weighted by atomic mass is 19.2. The fourth-order valence-corrected chi connectivity index (χ4v) is 1.92. The third-order valence-corrected chi connectivity index (χ3v) is 2.86. The molecule has 2 aromatic rings. The Hall–Kier alpha value is -1.75. The number of nitrogens with zero attached hydrogens (tertiary/aromatic N) is 2. The molecule has 0 spiro atoms. The molecule has 0 aliphatic carbocycles. The van der Waals surface area contributed by atoms with Gasteiger partial charge in [0.1, 0.15) is 5.82 Å². The molecule has 0 atom stereocenters. The fraction of sp³-hybridized carbons (Fsp3) is 0.357. The van der Waals surface area contributed by atoms with Crippen molar-refractivity contribution in [1.82, 2.24) is 14.9 Å². The summed E-state index contributed by atoms with van der Waals surface area (Å²) in [6.07, 6.45) is 4.76. The van der Waals surface area contributed by atoms with Crippen molar-refractivity contribution in [2.24, 2.45) is 0 Å². The summed E-state index contributed by atoms with van der Waals surface area (Å²) in [5, 5.41) is 3.18. The van der Waals surface area contributed by atoms with E-state index in [1.165, 1.54) is 6.07 Å². The van der Waals surface area contributed by atoms with Gasteiger partial charge in [-0.1, -0.05) is 13.0 Å². The summed E-state index contributed by atoms with van der Waals surface area (Å²) < 4.78 is 27.9. The van der Waals surface area contributed by atoms with Crippen molar-refractivity contribution in [1.29, 1.82) is 0 Å². The molecule has 0 bridgehead atoms. The highest BCUT2D eigenvalue weighted by Gasteiger charge is 2.04. The van der Waals surface area contributed by atoms with Crippen molar-refractivity contribution < 1.29 is 8.78 Å². The second-order valence-electron chi connectivity index (χ2n) is 4.39. The minimum Gasteiger partial charge on any atom is -0.334 e. The maximum absolute atomic E-state index is 13.0. The van der Waals surface area contributed by atoms with Gasteiger partial charge in [-0.05, 0) is 24.1 Å². The van der Waals surface area contributed by atoms with Crippen LogP contribution in [0.1, 0.15) is 24.7 Å². The Morgan fingerprint density at radius 1 is 1.21 bits per heavy atom. The summed E-state index contributed by atoms with van der Waals surface area (Å²) in [6.45, 7) is 4.13. The van der Waals surface area contributed by atoms with E-state index in [1.54, 1.807) is 12.3 Å². The van der Waals surface area contributed by atoms with Gasteiger partial charge in [-0.2, -0.15) is 0 Å². The number of hydrogen-bond donors (Lipinski definition) is 1. The number of rotatable bonds is 6. The van der Waals surface area contributed by atoms with Gasteiger partial charge in [-0.15, -0.1) is 0 Å². The van der Waals surface area contributed by atoms with Crippen LogP contribution in [-0.4, -0.2) is 9.55 Å². The molecule has 0 aliphatic rings. The van der Waals surface area contributed by atoms with E-state index in [0.29, 0.717) is 18.7 Å².